The van der Waals surface area contributed by atoms with Crippen molar-refractivity contribution in [2.24, 2.45) is 0 Å². The van der Waals surface area contributed by atoms with Gasteiger partial charge in [0.05, 0.1) is 0 Å². The van der Waals surface area contributed by atoms with E-state index in [4.69, 9.17) is 0 Å². The molecule has 0 atom stereocenters. The summed E-state index contributed by atoms with van der Waals surface area (Å²) in [4.78, 5) is 0. The van der Waals surface area contributed by atoms with E-state index in [0.29, 0.717) is 3.63 Å². The minimum Gasteiger partial charge on any atom is -1.00 e. The second-order valence-electron chi connectivity index (χ2n) is 11.7. The molecular formula is C41H36Cl2Zr. The van der Waals surface area contributed by atoms with Crippen LogP contribution in [0.3, 0.4) is 0 Å². The Labute approximate surface area is 282 Å². The Morgan fingerprint density at radius 1 is 0.568 bits per heavy atom. The average Bonchev–Trinajstić information content (AvgIpc) is 3.65. The number of allylic oxidation sites excluding steroid dienone is 4. The van der Waals surface area contributed by atoms with Crippen LogP contribution in [0.5, 0.6) is 0 Å². The average molecular weight is 691 g/mol. The first-order chi connectivity index (χ1) is 20.5. The maximum absolute atomic E-state index is 2.81. The molecule has 0 aromatic heterocycles. The molecule has 0 fully saturated rings. The summed E-state index contributed by atoms with van der Waals surface area (Å²) in [5.74, 6) is 0. The number of benzene rings is 5. The van der Waals surface area contributed by atoms with E-state index in [1.54, 1.807) is 6.49 Å². The number of hydrogen-bond acceptors (Lipinski definition) is 0. The van der Waals surface area contributed by atoms with E-state index in [2.05, 4.69) is 155 Å². The zero-order valence-electron chi connectivity index (χ0n) is 25.7. The van der Waals surface area contributed by atoms with Crippen LogP contribution in [-0.2, 0) is 21.3 Å². The van der Waals surface area contributed by atoms with Gasteiger partial charge >= 0.3 is 260 Å². The molecule has 0 heterocycles. The summed E-state index contributed by atoms with van der Waals surface area (Å²) < 4.78 is 3.72. The summed E-state index contributed by atoms with van der Waals surface area (Å²) in [5.41, 5.74) is 17.2. The van der Waals surface area contributed by atoms with E-state index in [0.717, 1.165) is 6.42 Å². The Balaban J connectivity index is 0.00000192. The molecule has 0 nitrogen and oxygen atoms in total. The largest absolute Gasteiger partial charge is 1.00 e. The number of hydrogen-bond donors (Lipinski definition) is 0. The summed E-state index contributed by atoms with van der Waals surface area (Å²) in [5, 5.41) is 0. The van der Waals surface area contributed by atoms with Gasteiger partial charge < -0.3 is 24.8 Å². The van der Waals surface area contributed by atoms with E-state index < -0.39 is 21.3 Å². The molecule has 218 valence electrons. The second-order valence-corrected chi connectivity index (χ2v) is 17.9. The van der Waals surface area contributed by atoms with Crippen LogP contribution in [0.4, 0.5) is 0 Å². The number of rotatable bonds is 5. The van der Waals surface area contributed by atoms with Crippen LogP contribution in [0.15, 0.2) is 131 Å². The van der Waals surface area contributed by atoms with Gasteiger partial charge in [-0.2, -0.15) is 0 Å². The fraction of sp³-hybridized carbons (Fsp3) is 0.146. The van der Waals surface area contributed by atoms with Crippen LogP contribution in [-0.4, -0.2) is 3.21 Å². The van der Waals surface area contributed by atoms with Gasteiger partial charge in [-0.05, 0) is 0 Å². The van der Waals surface area contributed by atoms with Gasteiger partial charge in [0.15, 0.2) is 0 Å². The summed E-state index contributed by atoms with van der Waals surface area (Å²) in [6.07, 6.45) is 5.93. The van der Waals surface area contributed by atoms with Gasteiger partial charge in [0.2, 0.25) is 0 Å². The van der Waals surface area contributed by atoms with Gasteiger partial charge in [-0.3, -0.25) is 0 Å². The van der Waals surface area contributed by atoms with E-state index in [1.807, 2.05) is 0 Å². The second kappa shape index (κ2) is 13.5. The van der Waals surface area contributed by atoms with Gasteiger partial charge in [0.25, 0.3) is 0 Å². The maximum Gasteiger partial charge on any atom is -1.00 e. The summed E-state index contributed by atoms with van der Waals surface area (Å²) in [7, 11) is 0. The van der Waals surface area contributed by atoms with Crippen molar-refractivity contribution in [3.8, 4) is 11.1 Å². The standard InChI is InChI=1S/C15H17.C13H9.C13H10.2ClH.Zr/c1-10-9-15(14-7-5-6-8-14)13(4)12(3)11(10)2;1-3-7-12-10(5-1)9-11-6-2-4-8-13(11)12;1-3-7-12(8-4-1)11-13-9-5-2-6-10-13;;;/h5,7,9H,6H2,1-4H3;1-9H;1-10H;2*1H;/q;;;;;+2/p-2. The third-order valence-corrected chi connectivity index (χ3v) is 18.0. The Kier molecular flexibility index (Phi) is 9.91. The molecule has 0 amide bonds. The van der Waals surface area contributed by atoms with Crippen molar-refractivity contribution >= 4 is 8.78 Å². The molecule has 7 rings (SSSR count). The molecule has 0 radical (unpaired) electrons. The molecule has 44 heavy (non-hydrogen) atoms. The van der Waals surface area contributed by atoms with Gasteiger partial charge in [-0.25, -0.2) is 0 Å². The monoisotopic (exact) mass is 688 g/mol. The molecule has 0 spiro atoms. The van der Waals surface area contributed by atoms with Crippen molar-refractivity contribution in [2.75, 3.05) is 0 Å². The number of halogens is 2. The van der Waals surface area contributed by atoms with E-state index in [-0.39, 0.29) is 24.8 Å². The Morgan fingerprint density at radius 2 is 1.07 bits per heavy atom. The molecule has 5 aromatic rings. The van der Waals surface area contributed by atoms with Crippen LogP contribution in [0, 0.1) is 27.7 Å². The van der Waals surface area contributed by atoms with Crippen molar-refractivity contribution in [1.29, 1.82) is 0 Å². The SMILES string of the molecule is Cc1cc(C2=[C]([Zr+2](=[C](c3ccccc3)c3ccccc3)[CH]3c4ccccc4-c4ccccc43)CC=C2)c(C)c(C)c1C.[Cl-].[Cl-]. The predicted molar refractivity (Wildman–Crippen MR) is 176 cm³/mol. The van der Waals surface area contributed by atoms with Crippen LogP contribution < -0.4 is 24.8 Å². The minimum absolute atomic E-state index is 0. The third-order valence-electron chi connectivity index (χ3n) is 9.54. The molecule has 0 N–H and O–H groups in total. The first kappa shape index (κ1) is 32.3. The predicted octanol–water partition coefficient (Wildman–Crippen LogP) is 4.26. The summed E-state index contributed by atoms with van der Waals surface area (Å²) >= 11 is -2.81. The first-order valence-corrected chi connectivity index (χ1v) is 18.9. The number of fused-ring (bicyclic) bond motifs is 3. The molecule has 5 aromatic carbocycles. The van der Waals surface area contributed by atoms with Crippen LogP contribution in [0.2, 0.25) is 0 Å². The third kappa shape index (κ3) is 5.49. The van der Waals surface area contributed by atoms with Gasteiger partial charge in [0, 0.05) is 0 Å². The molecule has 3 heteroatoms. The van der Waals surface area contributed by atoms with E-state index in [9.17, 15) is 0 Å². The molecule has 0 aliphatic heterocycles. The summed E-state index contributed by atoms with van der Waals surface area (Å²) in [6, 6.07) is 43.5. The van der Waals surface area contributed by atoms with Crippen molar-refractivity contribution in [1.82, 2.24) is 0 Å². The van der Waals surface area contributed by atoms with Crippen molar-refractivity contribution < 1.29 is 46.1 Å². The minimum atomic E-state index is -2.81. The fourth-order valence-electron chi connectivity index (χ4n) is 7.13. The van der Waals surface area contributed by atoms with Crippen LogP contribution in [0.25, 0.3) is 16.7 Å². The van der Waals surface area contributed by atoms with E-state index in [1.165, 1.54) is 66.8 Å². The Bertz CT molecular complexity index is 1840. The molecule has 2 aliphatic rings. The Hall–Kier alpha value is -3.09. The molecule has 0 saturated carbocycles. The fourth-order valence-corrected chi connectivity index (χ4v) is 16.6. The molecule has 2 aliphatic carbocycles. The maximum atomic E-state index is 2.46. The van der Waals surface area contributed by atoms with Crippen molar-refractivity contribution in [2.45, 2.75) is 37.7 Å². The van der Waals surface area contributed by atoms with Crippen molar-refractivity contribution in [3.63, 3.8) is 0 Å². The smallest absolute Gasteiger partial charge is 1.00 e. The van der Waals surface area contributed by atoms with Gasteiger partial charge in [-0.15, -0.1) is 0 Å². The van der Waals surface area contributed by atoms with Crippen LogP contribution in [0.1, 0.15) is 60.1 Å². The molecular weight excluding hydrogens is 655 g/mol. The Morgan fingerprint density at radius 3 is 1.61 bits per heavy atom. The quantitative estimate of drug-likeness (QED) is 0.259. The summed E-state index contributed by atoms with van der Waals surface area (Å²) in [6.45, 7) is 9.18. The zero-order chi connectivity index (χ0) is 28.8. The number of aryl methyl sites for hydroxylation is 1. The molecule has 0 saturated heterocycles. The molecule has 0 bridgehead atoms. The van der Waals surface area contributed by atoms with Gasteiger partial charge in [0.1, 0.15) is 0 Å². The normalized spacial score (nSPS) is 13.0. The zero-order valence-corrected chi connectivity index (χ0v) is 29.6. The topological polar surface area (TPSA) is 0 Å². The first-order valence-electron chi connectivity index (χ1n) is 15.1. The van der Waals surface area contributed by atoms with Gasteiger partial charge in [-0.1, -0.05) is 0 Å². The van der Waals surface area contributed by atoms with Crippen molar-refractivity contribution in [3.05, 3.63) is 181 Å². The van der Waals surface area contributed by atoms with E-state index >= 15 is 0 Å². The molecule has 0 unspecified atom stereocenters. The van der Waals surface area contributed by atoms with Crippen LogP contribution >= 0.6 is 0 Å².